The Morgan fingerprint density at radius 1 is 0.525 bits per heavy atom. The van der Waals surface area contributed by atoms with Gasteiger partial charge in [0.05, 0.1) is 0 Å². The number of aliphatic carboxylic acids is 2. The SMILES string of the molecule is CC(C(=O)[O-])c1cccc(Oc2ccccc2)c1.CC(C(=O)[O-])c1cccc(Oc2ccccc2)c1.O.O.O.[Ca+2]. The van der Waals surface area contributed by atoms with E-state index in [1.807, 2.05) is 60.7 Å². The molecule has 0 saturated carbocycles. The second kappa shape index (κ2) is 19.6. The fraction of sp³-hybridized carbons (Fsp3) is 0.133. The number of para-hydroxylation sites is 2. The van der Waals surface area contributed by atoms with Crippen LogP contribution in [0.1, 0.15) is 36.8 Å². The quantitative estimate of drug-likeness (QED) is 0.287. The first-order chi connectivity index (χ1) is 17.3. The number of carboxylic acids is 2. The minimum atomic E-state index is -1.09. The van der Waals surface area contributed by atoms with Crippen LogP contribution in [0, 0.1) is 0 Å². The van der Waals surface area contributed by atoms with E-state index in [0.717, 1.165) is 11.5 Å². The molecule has 0 bridgehead atoms. The van der Waals surface area contributed by atoms with Crippen LogP contribution in [0.3, 0.4) is 0 Å². The van der Waals surface area contributed by atoms with E-state index < -0.39 is 23.8 Å². The number of carbonyl (C=O) groups is 2. The van der Waals surface area contributed by atoms with E-state index in [0.29, 0.717) is 22.6 Å². The molecular formula is C30H32CaO9. The van der Waals surface area contributed by atoms with Crippen LogP contribution in [0.2, 0.25) is 0 Å². The number of carbonyl (C=O) groups excluding carboxylic acids is 2. The number of hydrogen-bond acceptors (Lipinski definition) is 6. The van der Waals surface area contributed by atoms with Crippen molar-refractivity contribution >= 4 is 49.7 Å². The fourth-order valence-electron chi connectivity index (χ4n) is 3.22. The summed E-state index contributed by atoms with van der Waals surface area (Å²) in [6, 6.07) is 32.7. The third-order valence-corrected chi connectivity index (χ3v) is 5.38. The Morgan fingerprint density at radius 2 is 0.825 bits per heavy atom. The maximum absolute atomic E-state index is 10.8. The number of ether oxygens (including phenoxy) is 2. The van der Waals surface area contributed by atoms with Crippen LogP contribution < -0.4 is 19.7 Å². The maximum atomic E-state index is 10.8. The number of hydrogen-bond donors (Lipinski definition) is 0. The topological polar surface area (TPSA) is 193 Å². The molecule has 4 aromatic rings. The summed E-state index contributed by atoms with van der Waals surface area (Å²) in [5, 5.41) is 21.6. The van der Waals surface area contributed by atoms with Crippen LogP contribution in [0.25, 0.3) is 0 Å². The van der Waals surface area contributed by atoms with Gasteiger partial charge in [0, 0.05) is 23.8 Å². The normalized spacial score (nSPS) is 10.7. The van der Waals surface area contributed by atoms with E-state index in [1.54, 1.807) is 62.4 Å². The van der Waals surface area contributed by atoms with Crippen molar-refractivity contribution in [3.63, 3.8) is 0 Å². The first-order valence-corrected chi connectivity index (χ1v) is 11.4. The molecule has 2 unspecified atom stereocenters. The summed E-state index contributed by atoms with van der Waals surface area (Å²) >= 11 is 0. The van der Waals surface area contributed by atoms with Gasteiger partial charge < -0.3 is 45.7 Å². The molecule has 0 spiro atoms. The average molecular weight is 577 g/mol. The van der Waals surface area contributed by atoms with Gasteiger partial charge in [-0.2, -0.15) is 0 Å². The molecule has 0 radical (unpaired) electrons. The summed E-state index contributed by atoms with van der Waals surface area (Å²) < 4.78 is 11.3. The molecular weight excluding hydrogens is 544 g/mol. The molecule has 0 aromatic heterocycles. The predicted molar refractivity (Wildman–Crippen MR) is 149 cm³/mol. The molecule has 0 aliphatic heterocycles. The molecule has 0 saturated heterocycles. The molecule has 10 heteroatoms. The van der Waals surface area contributed by atoms with Gasteiger partial charge in [-0.3, -0.25) is 0 Å². The summed E-state index contributed by atoms with van der Waals surface area (Å²) in [6.07, 6.45) is 0. The van der Waals surface area contributed by atoms with Crippen LogP contribution in [0.4, 0.5) is 0 Å². The zero-order valence-electron chi connectivity index (χ0n) is 22.2. The van der Waals surface area contributed by atoms with Gasteiger partial charge in [-0.15, -0.1) is 0 Å². The summed E-state index contributed by atoms with van der Waals surface area (Å²) in [4.78, 5) is 21.6. The molecule has 4 aromatic carbocycles. The van der Waals surface area contributed by atoms with Crippen molar-refractivity contribution in [2.75, 3.05) is 0 Å². The Kier molecular flexibility index (Phi) is 19.0. The molecule has 208 valence electrons. The van der Waals surface area contributed by atoms with Crippen molar-refractivity contribution in [1.82, 2.24) is 0 Å². The van der Waals surface area contributed by atoms with E-state index >= 15 is 0 Å². The Bertz CT molecular complexity index is 1180. The van der Waals surface area contributed by atoms with Crippen LogP contribution in [0.15, 0.2) is 109 Å². The van der Waals surface area contributed by atoms with Crippen molar-refractivity contribution in [2.45, 2.75) is 25.7 Å². The maximum Gasteiger partial charge on any atom is 2.00 e. The zero-order valence-corrected chi connectivity index (χ0v) is 24.4. The minimum Gasteiger partial charge on any atom is -0.550 e. The molecule has 9 nitrogen and oxygen atoms in total. The standard InChI is InChI=1S/2C15H14O3.Ca.3H2O/c2*1-11(15(16)17)12-6-5-9-14(10-12)18-13-7-3-2-4-8-13;;;;/h2*2-11H,1H3,(H,16,17);;3*1H2/q;;+2;;;/p-2. The first kappa shape index (κ1) is 38.7. The van der Waals surface area contributed by atoms with E-state index in [9.17, 15) is 19.8 Å². The van der Waals surface area contributed by atoms with E-state index in [1.165, 1.54) is 0 Å². The summed E-state index contributed by atoms with van der Waals surface area (Å²) in [7, 11) is 0. The Labute approximate surface area is 262 Å². The zero-order chi connectivity index (χ0) is 25.9. The fourth-order valence-corrected chi connectivity index (χ4v) is 3.22. The summed E-state index contributed by atoms with van der Waals surface area (Å²) in [6.45, 7) is 3.19. The third kappa shape index (κ3) is 12.2. The Hall–Kier alpha value is -3.44. The van der Waals surface area contributed by atoms with Crippen LogP contribution in [-0.4, -0.2) is 66.1 Å². The summed E-state index contributed by atoms with van der Waals surface area (Å²) in [5.41, 5.74) is 1.34. The van der Waals surface area contributed by atoms with Crippen LogP contribution >= 0.6 is 0 Å². The number of benzene rings is 4. The van der Waals surface area contributed by atoms with E-state index in [2.05, 4.69) is 0 Å². The molecule has 6 N–H and O–H groups in total. The van der Waals surface area contributed by atoms with Gasteiger partial charge in [-0.05, 0) is 59.7 Å². The van der Waals surface area contributed by atoms with Gasteiger partial charge in [0.15, 0.2) is 0 Å². The molecule has 4 rings (SSSR count). The molecule has 0 heterocycles. The molecule has 0 amide bonds. The number of carboxylic acid groups (broad SMARTS) is 2. The average Bonchev–Trinajstić information content (AvgIpc) is 2.89. The van der Waals surface area contributed by atoms with Gasteiger partial charge in [0.2, 0.25) is 0 Å². The second-order valence-corrected chi connectivity index (χ2v) is 8.06. The monoisotopic (exact) mass is 576 g/mol. The summed E-state index contributed by atoms with van der Waals surface area (Å²) in [5.74, 6) is -0.808. The second-order valence-electron chi connectivity index (χ2n) is 8.06. The molecule has 2 atom stereocenters. The van der Waals surface area contributed by atoms with Crippen molar-refractivity contribution in [3.05, 3.63) is 120 Å². The van der Waals surface area contributed by atoms with Crippen molar-refractivity contribution < 1.29 is 45.7 Å². The van der Waals surface area contributed by atoms with Crippen LogP contribution in [0.5, 0.6) is 23.0 Å². The van der Waals surface area contributed by atoms with Gasteiger partial charge in [-0.1, -0.05) is 74.5 Å². The van der Waals surface area contributed by atoms with Gasteiger partial charge in [0.25, 0.3) is 0 Å². The Balaban J connectivity index is 0. The van der Waals surface area contributed by atoms with Gasteiger partial charge in [-0.25, -0.2) is 0 Å². The Morgan fingerprint density at radius 3 is 1.12 bits per heavy atom. The minimum absolute atomic E-state index is 0. The van der Waals surface area contributed by atoms with Gasteiger partial charge in [0.1, 0.15) is 23.0 Å². The van der Waals surface area contributed by atoms with Gasteiger partial charge >= 0.3 is 37.7 Å². The smallest absolute Gasteiger partial charge is 0.550 e. The van der Waals surface area contributed by atoms with E-state index in [-0.39, 0.29) is 54.2 Å². The predicted octanol–water partition coefficient (Wildman–Crippen LogP) is 1.81. The van der Waals surface area contributed by atoms with Crippen molar-refractivity contribution in [3.8, 4) is 23.0 Å². The number of rotatable bonds is 8. The van der Waals surface area contributed by atoms with Crippen molar-refractivity contribution in [1.29, 1.82) is 0 Å². The van der Waals surface area contributed by atoms with Crippen LogP contribution in [-0.2, 0) is 9.59 Å². The van der Waals surface area contributed by atoms with E-state index in [4.69, 9.17) is 9.47 Å². The largest absolute Gasteiger partial charge is 2.00 e. The molecule has 0 aliphatic rings. The molecule has 0 aliphatic carbocycles. The molecule has 40 heavy (non-hydrogen) atoms. The van der Waals surface area contributed by atoms with Crippen molar-refractivity contribution in [2.24, 2.45) is 0 Å². The molecule has 0 fully saturated rings. The first-order valence-electron chi connectivity index (χ1n) is 11.4. The third-order valence-electron chi connectivity index (χ3n) is 5.38.